The first-order valence-corrected chi connectivity index (χ1v) is 6.55. The second kappa shape index (κ2) is 8.09. The van der Waals surface area contributed by atoms with Gasteiger partial charge in [-0.1, -0.05) is 25.1 Å². The van der Waals surface area contributed by atoms with Gasteiger partial charge in [0.25, 0.3) is 0 Å². The van der Waals surface area contributed by atoms with E-state index in [1.54, 1.807) is 25.1 Å². The summed E-state index contributed by atoms with van der Waals surface area (Å²) in [5.41, 5.74) is 0.325. The van der Waals surface area contributed by atoms with E-state index in [2.05, 4.69) is 10.6 Å². The van der Waals surface area contributed by atoms with Gasteiger partial charge in [-0.3, -0.25) is 9.59 Å². The van der Waals surface area contributed by atoms with Crippen molar-refractivity contribution in [2.75, 3.05) is 6.54 Å². The third-order valence-corrected chi connectivity index (χ3v) is 2.62. The molecule has 0 heterocycles. The molecule has 0 aliphatic rings. The molecule has 0 saturated heterocycles. The van der Waals surface area contributed by atoms with Crippen LogP contribution in [0.1, 0.15) is 25.8 Å². The molecule has 1 atom stereocenters. The highest BCUT2D eigenvalue weighted by Crippen LogP contribution is 2.07. The Bertz CT molecular complexity index is 500. The number of nitrogens with one attached hydrogen (secondary N) is 2. The first-order chi connectivity index (χ1) is 9.54. The first kappa shape index (κ1) is 15.9. The third-order valence-electron chi connectivity index (χ3n) is 2.62. The van der Waals surface area contributed by atoms with Crippen molar-refractivity contribution in [2.45, 2.75) is 26.3 Å². The summed E-state index contributed by atoms with van der Waals surface area (Å²) in [6.07, 6.45) is 3.42. The number of rotatable bonds is 6. The fourth-order valence-electron chi connectivity index (χ4n) is 1.50. The van der Waals surface area contributed by atoms with Crippen LogP contribution in [0.3, 0.4) is 0 Å². The molecule has 0 spiro atoms. The molecule has 2 amide bonds. The van der Waals surface area contributed by atoms with E-state index < -0.39 is 17.8 Å². The van der Waals surface area contributed by atoms with Crippen LogP contribution < -0.4 is 10.6 Å². The zero-order valence-corrected chi connectivity index (χ0v) is 11.7. The first-order valence-electron chi connectivity index (χ1n) is 6.55. The van der Waals surface area contributed by atoms with E-state index in [0.29, 0.717) is 12.1 Å². The Morgan fingerprint density at radius 1 is 1.35 bits per heavy atom. The van der Waals surface area contributed by atoms with E-state index in [1.807, 2.05) is 6.92 Å². The summed E-state index contributed by atoms with van der Waals surface area (Å²) in [4.78, 5) is 23.2. The van der Waals surface area contributed by atoms with E-state index in [1.165, 1.54) is 18.2 Å². The molecule has 1 aromatic rings. The van der Waals surface area contributed by atoms with Crippen molar-refractivity contribution in [1.82, 2.24) is 10.6 Å². The van der Waals surface area contributed by atoms with Crippen molar-refractivity contribution >= 4 is 17.9 Å². The number of carbonyl (C=O) groups is 2. The lowest BCUT2D eigenvalue weighted by molar-refractivity contribution is -0.126. The maximum atomic E-state index is 13.3. The standard InChI is InChI=1S/C15H19FN2O2/c1-3-10-17-15(20)11(2)18-14(19)9-8-12-6-4-5-7-13(12)16/h4-9,11H,3,10H2,1-2H3,(H,17,20)(H,18,19)/b9-8+/t11-/m1/s1. The van der Waals surface area contributed by atoms with Crippen molar-refractivity contribution in [1.29, 1.82) is 0 Å². The molecule has 0 saturated carbocycles. The molecular weight excluding hydrogens is 259 g/mol. The van der Waals surface area contributed by atoms with Gasteiger partial charge in [0, 0.05) is 18.2 Å². The number of hydrogen-bond donors (Lipinski definition) is 2. The van der Waals surface area contributed by atoms with Crippen LogP contribution in [0.15, 0.2) is 30.3 Å². The lowest BCUT2D eigenvalue weighted by atomic mass is 10.2. The fraction of sp³-hybridized carbons (Fsp3) is 0.333. The number of carbonyl (C=O) groups excluding carboxylic acids is 2. The third kappa shape index (κ3) is 5.22. The lowest BCUT2D eigenvalue weighted by Crippen LogP contribution is -2.44. The van der Waals surface area contributed by atoms with Gasteiger partial charge < -0.3 is 10.6 Å². The van der Waals surface area contributed by atoms with Crippen molar-refractivity contribution in [3.05, 3.63) is 41.7 Å². The average Bonchev–Trinajstić information content (AvgIpc) is 2.43. The maximum absolute atomic E-state index is 13.3. The minimum Gasteiger partial charge on any atom is -0.354 e. The monoisotopic (exact) mass is 278 g/mol. The number of halogens is 1. The Balaban J connectivity index is 2.51. The number of benzene rings is 1. The molecule has 0 aliphatic carbocycles. The van der Waals surface area contributed by atoms with E-state index in [-0.39, 0.29) is 5.91 Å². The number of hydrogen-bond acceptors (Lipinski definition) is 2. The molecule has 0 aliphatic heterocycles. The van der Waals surface area contributed by atoms with E-state index in [0.717, 1.165) is 6.42 Å². The van der Waals surface area contributed by atoms with Gasteiger partial charge in [0.15, 0.2) is 0 Å². The van der Waals surface area contributed by atoms with E-state index in [4.69, 9.17) is 0 Å². The van der Waals surface area contributed by atoms with E-state index >= 15 is 0 Å². The SMILES string of the molecule is CCCNC(=O)[C@@H](C)NC(=O)/C=C/c1ccccc1F. The molecule has 108 valence electrons. The Hall–Kier alpha value is -2.17. The molecule has 1 aromatic carbocycles. The fourth-order valence-corrected chi connectivity index (χ4v) is 1.50. The van der Waals surface area contributed by atoms with Crippen molar-refractivity contribution < 1.29 is 14.0 Å². The van der Waals surface area contributed by atoms with Gasteiger partial charge in [0.1, 0.15) is 11.9 Å². The second-order valence-corrected chi connectivity index (χ2v) is 4.38. The molecule has 4 nitrogen and oxygen atoms in total. The highest BCUT2D eigenvalue weighted by molar-refractivity contribution is 5.95. The van der Waals surface area contributed by atoms with Crippen LogP contribution in [0.25, 0.3) is 6.08 Å². The Kier molecular flexibility index (Phi) is 6.43. The molecule has 2 N–H and O–H groups in total. The van der Waals surface area contributed by atoms with Gasteiger partial charge in [0.05, 0.1) is 0 Å². The molecule has 0 radical (unpaired) electrons. The molecule has 0 bridgehead atoms. The Morgan fingerprint density at radius 3 is 2.70 bits per heavy atom. The predicted molar refractivity (Wildman–Crippen MR) is 76.3 cm³/mol. The molecule has 0 aromatic heterocycles. The lowest BCUT2D eigenvalue weighted by Gasteiger charge is -2.12. The molecule has 20 heavy (non-hydrogen) atoms. The van der Waals surface area contributed by atoms with Crippen LogP contribution in [0.2, 0.25) is 0 Å². The summed E-state index contributed by atoms with van der Waals surface area (Å²) < 4.78 is 13.3. The quantitative estimate of drug-likeness (QED) is 0.780. The van der Waals surface area contributed by atoms with Crippen LogP contribution in [0, 0.1) is 5.82 Å². The van der Waals surface area contributed by atoms with Gasteiger partial charge in [-0.2, -0.15) is 0 Å². The van der Waals surface area contributed by atoms with Crippen molar-refractivity contribution in [3.63, 3.8) is 0 Å². The average molecular weight is 278 g/mol. The molecule has 0 fully saturated rings. The van der Waals surface area contributed by atoms with Crippen molar-refractivity contribution in [2.24, 2.45) is 0 Å². The Labute approximate surface area is 118 Å². The maximum Gasteiger partial charge on any atom is 0.244 e. The summed E-state index contributed by atoms with van der Waals surface area (Å²) in [7, 11) is 0. The zero-order valence-electron chi connectivity index (χ0n) is 11.7. The normalized spacial score (nSPS) is 12.2. The largest absolute Gasteiger partial charge is 0.354 e. The summed E-state index contributed by atoms with van der Waals surface area (Å²) in [5.74, 6) is -1.07. The highest BCUT2D eigenvalue weighted by Gasteiger charge is 2.13. The molecule has 0 unspecified atom stereocenters. The predicted octanol–water partition coefficient (Wildman–Crippen LogP) is 1.87. The second-order valence-electron chi connectivity index (χ2n) is 4.38. The summed E-state index contributed by atoms with van der Waals surface area (Å²) in [6.45, 7) is 4.12. The topological polar surface area (TPSA) is 58.2 Å². The van der Waals surface area contributed by atoms with Crippen LogP contribution >= 0.6 is 0 Å². The van der Waals surface area contributed by atoms with Gasteiger partial charge >= 0.3 is 0 Å². The minimum atomic E-state index is -0.626. The van der Waals surface area contributed by atoms with Gasteiger partial charge in [-0.15, -0.1) is 0 Å². The summed E-state index contributed by atoms with van der Waals surface area (Å²) in [6, 6.07) is 5.52. The van der Waals surface area contributed by atoms with Gasteiger partial charge in [0.2, 0.25) is 11.8 Å². The molecular formula is C15H19FN2O2. The molecule has 5 heteroatoms. The highest BCUT2D eigenvalue weighted by atomic mass is 19.1. The van der Waals surface area contributed by atoms with Gasteiger partial charge in [-0.25, -0.2) is 4.39 Å². The minimum absolute atomic E-state index is 0.237. The zero-order chi connectivity index (χ0) is 15.0. The van der Waals surface area contributed by atoms with Crippen LogP contribution in [-0.2, 0) is 9.59 Å². The van der Waals surface area contributed by atoms with Crippen molar-refractivity contribution in [3.8, 4) is 0 Å². The molecule has 1 rings (SSSR count). The summed E-state index contributed by atoms with van der Waals surface area (Å²) in [5, 5.41) is 5.20. The smallest absolute Gasteiger partial charge is 0.244 e. The van der Waals surface area contributed by atoms with Crippen LogP contribution in [0.5, 0.6) is 0 Å². The number of amides is 2. The summed E-state index contributed by atoms with van der Waals surface area (Å²) >= 11 is 0. The van der Waals surface area contributed by atoms with Gasteiger partial charge in [-0.05, 0) is 25.5 Å². The van der Waals surface area contributed by atoms with Crippen LogP contribution in [-0.4, -0.2) is 24.4 Å². The Morgan fingerprint density at radius 2 is 2.05 bits per heavy atom. The van der Waals surface area contributed by atoms with E-state index in [9.17, 15) is 14.0 Å². The van der Waals surface area contributed by atoms with Crippen LogP contribution in [0.4, 0.5) is 4.39 Å².